The number of thiophene rings is 1. The maximum Gasteiger partial charge on any atom is 0.195 e. The number of fused-ring (bicyclic) bond motifs is 1. The van der Waals surface area contributed by atoms with Gasteiger partial charge in [0, 0.05) is 39.2 Å². The highest BCUT2D eigenvalue weighted by atomic mass is 32.1. The smallest absolute Gasteiger partial charge is 0.195 e. The van der Waals surface area contributed by atoms with Crippen molar-refractivity contribution < 1.29 is 19.7 Å². The number of ketones is 1. The number of ether oxygens (including phenoxy) is 1. The molecular formula is C28H24N2O4S. The first-order chi connectivity index (χ1) is 17.0. The van der Waals surface area contributed by atoms with Crippen molar-refractivity contribution in [2.45, 2.75) is 18.9 Å². The molecule has 0 bridgehead atoms. The lowest BCUT2D eigenvalue weighted by Crippen LogP contribution is -2.38. The molecule has 3 aromatic carbocycles. The molecule has 1 aliphatic rings. The molecule has 0 aliphatic carbocycles. The van der Waals surface area contributed by atoms with Crippen LogP contribution >= 0.6 is 11.3 Å². The summed E-state index contributed by atoms with van der Waals surface area (Å²) in [6.45, 7) is 2.14. The molecule has 0 amide bonds. The fourth-order valence-corrected chi connectivity index (χ4v) is 5.67. The van der Waals surface area contributed by atoms with Crippen molar-refractivity contribution in [3.63, 3.8) is 0 Å². The van der Waals surface area contributed by atoms with E-state index in [0.717, 1.165) is 52.2 Å². The van der Waals surface area contributed by atoms with Crippen molar-refractivity contribution in [3.8, 4) is 33.8 Å². The number of hydrogen-bond donors (Lipinski definition) is 2. The van der Waals surface area contributed by atoms with E-state index in [1.807, 2.05) is 12.1 Å². The van der Waals surface area contributed by atoms with Crippen LogP contribution in [-0.4, -0.2) is 46.6 Å². The van der Waals surface area contributed by atoms with Gasteiger partial charge in [0.2, 0.25) is 0 Å². The van der Waals surface area contributed by atoms with Crippen LogP contribution in [0.3, 0.4) is 0 Å². The summed E-state index contributed by atoms with van der Waals surface area (Å²) < 4.78 is 6.94. The first kappa shape index (κ1) is 22.9. The molecule has 2 heterocycles. The number of phenolic OH excluding ortho intramolecular Hbond substituents is 2. The summed E-state index contributed by atoms with van der Waals surface area (Å²) in [7, 11) is 0. The predicted molar refractivity (Wildman–Crippen MR) is 136 cm³/mol. The van der Waals surface area contributed by atoms with Crippen LogP contribution in [-0.2, 0) is 0 Å². The minimum atomic E-state index is -0.110. The molecule has 4 aromatic rings. The number of hydrogen-bond acceptors (Lipinski definition) is 7. The molecule has 5 rings (SSSR count). The first-order valence-corrected chi connectivity index (χ1v) is 12.3. The van der Waals surface area contributed by atoms with Crippen molar-refractivity contribution in [2.24, 2.45) is 0 Å². The molecule has 7 heteroatoms. The zero-order valence-electron chi connectivity index (χ0n) is 19.0. The summed E-state index contributed by atoms with van der Waals surface area (Å²) in [6.07, 6.45) is 1.83. The Kier molecular flexibility index (Phi) is 6.41. The second-order valence-corrected chi connectivity index (χ2v) is 9.69. The molecule has 176 valence electrons. The third-order valence-corrected chi connectivity index (χ3v) is 7.48. The van der Waals surface area contributed by atoms with Crippen molar-refractivity contribution in [3.05, 3.63) is 77.9 Å². The number of rotatable bonds is 6. The van der Waals surface area contributed by atoms with Gasteiger partial charge >= 0.3 is 0 Å². The number of aromatic hydroxyl groups is 2. The van der Waals surface area contributed by atoms with Gasteiger partial charge in [-0.25, -0.2) is 0 Å². The monoisotopic (exact) mass is 484 g/mol. The Balaban J connectivity index is 1.41. The van der Waals surface area contributed by atoms with Crippen LogP contribution in [0.5, 0.6) is 17.2 Å². The van der Waals surface area contributed by atoms with Gasteiger partial charge in [0.25, 0.3) is 0 Å². The van der Waals surface area contributed by atoms with E-state index in [1.165, 1.54) is 11.3 Å². The van der Waals surface area contributed by atoms with E-state index >= 15 is 0 Å². The molecule has 1 aromatic heterocycles. The molecule has 1 fully saturated rings. The van der Waals surface area contributed by atoms with Gasteiger partial charge in [0.05, 0.1) is 12.6 Å². The van der Waals surface area contributed by atoms with Crippen LogP contribution in [0.15, 0.2) is 66.7 Å². The first-order valence-electron chi connectivity index (χ1n) is 11.5. The van der Waals surface area contributed by atoms with Gasteiger partial charge in [0.15, 0.2) is 5.78 Å². The highest BCUT2D eigenvalue weighted by Crippen LogP contribution is 2.41. The molecule has 0 saturated carbocycles. The summed E-state index contributed by atoms with van der Waals surface area (Å²) in [6, 6.07) is 21.2. The van der Waals surface area contributed by atoms with Gasteiger partial charge in [-0.15, -0.1) is 11.3 Å². The highest BCUT2D eigenvalue weighted by Gasteiger charge is 2.23. The largest absolute Gasteiger partial charge is 0.508 e. The molecule has 35 heavy (non-hydrogen) atoms. The zero-order valence-corrected chi connectivity index (χ0v) is 19.8. The number of piperidine rings is 1. The lowest BCUT2D eigenvalue weighted by atomic mass is 9.97. The van der Waals surface area contributed by atoms with Gasteiger partial charge < -0.3 is 14.9 Å². The van der Waals surface area contributed by atoms with Gasteiger partial charge in [-0.1, -0.05) is 0 Å². The maximum atomic E-state index is 13.7. The van der Waals surface area contributed by atoms with Gasteiger partial charge in [-0.05, 0) is 85.1 Å². The van der Waals surface area contributed by atoms with Crippen molar-refractivity contribution in [1.29, 1.82) is 5.26 Å². The van der Waals surface area contributed by atoms with E-state index in [-0.39, 0.29) is 23.4 Å². The van der Waals surface area contributed by atoms with Crippen LogP contribution in [0.4, 0.5) is 0 Å². The number of likely N-dealkylation sites (tertiary alicyclic amines) is 1. The van der Waals surface area contributed by atoms with Gasteiger partial charge in [-0.2, -0.15) is 5.26 Å². The Morgan fingerprint density at radius 3 is 2.37 bits per heavy atom. The summed E-state index contributed by atoms with van der Waals surface area (Å²) in [5.41, 5.74) is 1.96. The molecule has 0 spiro atoms. The number of phenols is 2. The van der Waals surface area contributed by atoms with E-state index in [1.54, 1.807) is 54.6 Å². The summed E-state index contributed by atoms with van der Waals surface area (Å²) in [5.74, 6) is 0.919. The van der Waals surface area contributed by atoms with Gasteiger partial charge in [0.1, 0.15) is 23.4 Å². The molecule has 0 unspecified atom stereocenters. The number of carbonyl (C=O) groups excluding carboxylic acids is 1. The summed E-state index contributed by atoms with van der Waals surface area (Å²) in [4.78, 5) is 16.6. The van der Waals surface area contributed by atoms with Gasteiger partial charge in [-0.3, -0.25) is 9.69 Å². The van der Waals surface area contributed by atoms with E-state index in [4.69, 9.17) is 10.00 Å². The zero-order chi connectivity index (χ0) is 24.4. The van der Waals surface area contributed by atoms with E-state index < -0.39 is 0 Å². The minimum Gasteiger partial charge on any atom is -0.508 e. The number of nitrogens with zero attached hydrogens (tertiary/aromatic N) is 2. The number of nitriles is 1. The van der Waals surface area contributed by atoms with Crippen LogP contribution in [0.25, 0.3) is 20.5 Å². The van der Waals surface area contributed by atoms with Crippen LogP contribution in [0.2, 0.25) is 0 Å². The molecule has 2 N–H and O–H groups in total. The number of benzene rings is 3. The molecule has 1 saturated heterocycles. The fraction of sp³-hybridized carbons (Fsp3) is 0.214. The molecule has 0 atom stereocenters. The third-order valence-electron chi connectivity index (χ3n) is 6.28. The number of carbonyl (C=O) groups is 1. The summed E-state index contributed by atoms with van der Waals surface area (Å²) >= 11 is 1.44. The molecule has 6 nitrogen and oxygen atoms in total. The Hall–Kier alpha value is -3.86. The predicted octanol–water partition coefficient (Wildman–Crippen LogP) is 5.58. The Bertz CT molecular complexity index is 1400. The molecule has 1 aliphatic heterocycles. The summed E-state index contributed by atoms with van der Waals surface area (Å²) in [5, 5.41) is 29.3. The van der Waals surface area contributed by atoms with E-state index in [0.29, 0.717) is 17.7 Å². The quantitative estimate of drug-likeness (QED) is 0.274. The Labute approximate surface area is 207 Å². The van der Waals surface area contributed by atoms with Crippen molar-refractivity contribution in [1.82, 2.24) is 4.90 Å². The second-order valence-electron chi connectivity index (χ2n) is 8.64. The Morgan fingerprint density at radius 2 is 1.69 bits per heavy atom. The topological polar surface area (TPSA) is 93.8 Å². The average Bonchev–Trinajstić information content (AvgIpc) is 3.24. The maximum absolute atomic E-state index is 13.7. The van der Waals surface area contributed by atoms with Crippen molar-refractivity contribution in [2.75, 3.05) is 19.6 Å². The van der Waals surface area contributed by atoms with E-state index in [2.05, 4.69) is 11.0 Å². The van der Waals surface area contributed by atoms with Crippen LogP contribution < -0.4 is 4.74 Å². The minimum absolute atomic E-state index is 0.0982. The lowest BCUT2D eigenvalue weighted by Gasteiger charge is -2.30. The van der Waals surface area contributed by atoms with Crippen molar-refractivity contribution >= 4 is 27.2 Å². The second kappa shape index (κ2) is 9.79. The molecule has 0 radical (unpaired) electrons. The SMILES string of the molecule is N#CCN1CCC(Oc2ccc(C(=O)c3c(-c4ccc(O)cc4)sc4cc(O)ccc34)cc2)CC1. The highest BCUT2D eigenvalue weighted by molar-refractivity contribution is 7.22. The van der Waals surface area contributed by atoms with Crippen LogP contribution in [0, 0.1) is 11.3 Å². The third kappa shape index (κ3) is 4.85. The van der Waals surface area contributed by atoms with Crippen LogP contribution in [0.1, 0.15) is 28.8 Å². The Morgan fingerprint density at radius 1 is 1.00 bits per heavy atom. The normalized spacial score (nSPS) is 14.6. The molecular weight excluding hydrogens is 460 g/mol. The average molecular weight is 485 g/mol. The lowest BCUT2D eigenvalue weighted by molar-refractivity contribution is 0.104. The van der Waals surface area contributed by atoms with E-state index in [9.17, 15) is 15.0 Å². The fourth-order valence-electron chi connectivity index (χ4n) is 4.43. The standard InChI is InChI=1S/C28H24N2O4S/c29-13-16-30-14-11-23(12-15-30)34-22-8-3-18(4-9-22)27(33)26-24-10-7-21(32)17-25(24)35-28(26)19-1-5-20(31)6-2-19/h1-10,17,23,31-32H,11-12,14-16H2.